The molecule has 1 aliphatic heterocycles. The molecule has 0 aromatic carbocycles. The molecule has 12 heteroatoms. The number of aromatic nitrogens is 1. The van der Waals surface area contributed by atoms with Gasteiger partial charge < -0.3 is 30.5 Å². The maximum Gasteiger partial charge on any atom is 0.407 e. The number of alkyl carbamates (subject to hydrolysis) is 1. The average Bonchev–Trinajstić information content (AvgIpc) is 3.26. The fraction of sp³-hybridized carbons (Fsp3) is 0.640. The van der Waals surface area contributed by atoms with Crippen LogP contribution >= 0.6 is 0 Å². The number of pyridine rings is 1. The minimum atomic E-state index is -1.19. The van der Waals surface area contributed by atoms with Crippen molar-refractivity contribution in [1.29, 1.82) is 0 Å². The molecule has 2 heterocycles. The third-order valence-corrected chi connectivity index (χ3v) is 6.24. The van der Waals surface area contributed by atoms with Crippen molar-refractivity contribution in [2.45, 2.75) is 83.7 Å². The van der Waals surface area contributed by atoms with Crippen LogP contribution in [0.2, 0.25) is 0 Å². The number of hydrogen-bond acceptors (Lipinski definition) is 8. The van der Waals surface area contributed by atoms with Crippen LogP contribution in [-0.4, -0.2) is 57.6 Å². The van der Waals surface area contributed by atoms with Crippen molar-refractivity contribution in [1.82, 2.24) is 25.9 Å². The summed E-state index contributed by atoms with van der Waals surface area (Å²) in [6.45, 7) is 5.56. The van der Waals surface area contributed by atoms with Gasteiger partial charge in [-0.25, -0.2) is 9.18 Å². The van der Waals surface area contributed by atoms with Crippen LogP contribution in [-0.2, 0) is 16.1 Å². The second kappa shape index (κ2) is 12.9. The lowest BCUT2D eigenvalue weighted by atomic mass is 9.84. The van der Waals surface area contributed by atoms with Crippen LogP contribution in [0.4, 0.5) is 14.9 Å². The third-order valence-electron chi connectivity index (χ3n) is 6.24. The maximum absolute atomic E-state index is 14.3. The number of carbonyl (C=O) groups excluding carboxylic acids is 2. The number of nitrogens with zero attached hydrogens (tertiary/aromatic N) is 2. The number of aliphatic hydroxyl groups is 1. The summed E-state index contributed by atoms with van der Waals surface area (Å²) < 4.78 is 21.0. The van der Waals surface area contributed by atoms with E-state index in [0.717, 1.165) is 25.7 Å². The fourth-order valence-corrected chi connectivity index (χ4v) is 4.39. The van der Waals surface area contributed by atoms with Gasteiger partial charge in [-0.2, -0.15) is 0 Å². The smallest absolute Gasteiger partial charge is 0.407 e. The van der Waals surface area contributed by atoms with Crippen molar-refractivity contribution in [2.24, 2.45) is 5.92 Å². The van der Waals surface area contributed by atoms with Crippen LogP contribution < -0.4 is 27.2 Å². The van der Waals surface area contributed by atoms with Crippen LogP contribution in [0.25, 0.3) is 0 Å². The fourth-order valence-electron chi connectivity index (χ4n) is 4.39. The molecule has 1 aliphatic carbocycles. The second-order valence-corrected chi connectivity index (χ2v) is 10.7. The summed E-state index contributed by atoms with van der Waals surface area (Å²) >= 11 is 0. The van der Waals surface area contributed by atoms with Crippen molar-refractivity contribution < 1.29 is 23.8 Å². The predicted octanol–water partition coefficient (Wildman–Crippen LogP) is 2.15. The zero-order valence-electron chi connectivity index (χ0n) is 21.8. The van der Waals surface area contributed by atoms with Crippen LogP contribution in [0.15, 0.2) is 35.0 Å². The largest absolute Gasteiger partial charge is 0.444 e. The Hall–Kier alpha value is -3.12. The molecule has 1 aromatic heterocycles. The van der Waals surface area contributed by atoms with E-state index >= 15 is 0 Å². The molecule has 1 saturated carbocycles. The number of hydrogen-bond donors (Lipinski definition) is 5. The van der Waals surface area contributed by atoms with Gasteiger partial charge >= 0.3 is 6.09 Å². The monoisotopic (exact) mass is 522 g/mol. The first-order valence-corrected chi connectivity index (χ1v) is 12.7. The van der Waals surface area contributed by atoms with Crippen molar-refractivity contribution >= 4 is 17.7 Å². The van der Waals surface area contributed by atoms with Gasteiger partial charge in [-0.05, 0) is 64.9 Å². The van der Waals surface area contributed by atoms with Crippen molar-refractivity contribution in [2.75, 3.05) is 18.5 Å². The van der Waals surface area contributed by atoms with Gasteiger partial charge in [0.05, 0.1) is 18.8 Å². The number of anilines is 1. The molecule has 37 heavy (non-hydrogen) atoms. The Balaban J connectivity index is 1.38. The molecule has 11 nitrogen and oxygen atoms in total. The summed E-state index contributed by atoms with van der Waals surface area (Å²) in [5.41, 5.74) is 5.55. The maximum atomic E-state index is 14.3. The summed E-state index contributed by atoms with van der Waals surface area (Å²) in [4.78, 5) is 36.9. The van der Waals surface area contributed by atoms with Gasteiger partial charge in [0.2, 0.25) is 5.91 Å². The molecule has 1 atom stereocenters. The van der Waals surface area contributed by atoms with E-state index in [2.05, 4.69) is 21.6 Å². The average molecular weight is 523 g/mol. The number of halogens is 1. The molecular weight excluding hydrogens is 483 g/mol. The molecule has 0 spiro atoms. The van der Waals surface area contributed by atoms with E-state index in [0.29, 0.717) is 17.8 Å². The first-order valence-electron chi connectivity index (χ1n) is 12.7. The molecule has 0 saturated heterocycles. The molecule has 1 aromatic rings. The number of nitrogens with one attached hydrogen (secondary N) is 4. The Bertz CT molecular complexity index is 1020. The Morgan fingerprint density at radius 1 is 1.27 bits per heavy atom. The Morgan fingerprint density at radius 3 is 2.62 bits per heavy atom. The van der Waals surface area contributed by atoms with Crippen molar-refractivity contribution in [3.8, 4) is 0 Å². The number of hydrazine groups is 2. The van der Waals surface area contributed by atoms with E-state index in [9.17, 15) is 18.8 Å². The summed E-state index contributed by atoms with van der Waals surface area (Å²) in [5.74, 6) is 0.0497. The van der Waals surface area contributed by atoms with Gasteiger partial charge in [-0.15, -0.1) is 5.53 Å². The van der Waals surface area contributed by atoms with Crippen molar-refractivity contribution in [3.63, 3.8) is 0 Å². The zero-order chi connectivity index (χ0) is 27.0. The summed E-state index contributed by atoms with van der Waals surface area (Å²) in [6.07, 6.45) is 5.22. The molecule has 2 aliphatic rings. The molecular formula is C25H39FN6O5. The van der Waals surface area contributed by atoms with Gasteiger partial charge in [0.1, 0.15) is 11.8 Å². The van der Waals surface area contributed by atoms with E-state index in [1.54, 1.807) is 18.5 Å². The second-order valence-electron chi connectivity index (χ2n) is 10.7. The Labute approximate surface area is 216 Å². The van der Waals surface area contributed by atoms with E-state index in [1.165, 1.54) is 15.6 Å². The lowest BCUT2D eigenvalue weighted by Gasteiger charge is -2.29. The molecule has 1 fully saturated rings. The lowest BCUT2D eigenvalue weighted by molar-refractivity contribution is -0.117. The molecule has 0 bridgehead atoms. The number of ether oxygens (including phenoxy) is 1. The minimum Gasteiger partial charge on any atom is -0.444 e. The predicted molar refractivity (Wildman–Crippen MR) is 137 cm³/mol. The van der Waals surface area contributed by atoms with Gasteiger partial charge in [0.15, 0.2) is 0 Å². The molecule has 0 radical (unpaired) electrons. The SMILES string of the molecule is CC(C)(C)OC(=O)NC1CCC(CC(=O)Nc2ccn(CCC(F)CN3C=C(CO)NN3)c(=O)c2)CC1. The number of carbonyl (C=O) groups is 2. The van der Waals surface area contributed by atoms with Gasteiger partial charge in [0, 0.05) is 43.2 Å². The van der Waals surface area contributed by atoms with E-state index in [1.807, 2.05) is 20.8 Å². The van der Waals surface area contributed by atoms with Gasteiger partial charge in [-0.1, -0.05) is 0 Å². The Kier molecular flexibility index (Phi) is 9.93. The van der Waals surface area contributed by atoms with Gasteiger partial charge in [0.25, 0.3) is 5.56 Å². The van der Waals surface area contributed by atoms with E-state index < -0.39 is 17.9 Å². The number of alkyl halides is 1. The quantitative estimate of drug-likeness (QED) is 0.315. The molecule has 2 amide bonds. The minimum absolute atomic E-state index is 0.0448. The number of amides is 2. The highest BCUT2D eigenvalue weighted by Crippen LogP contribution is 2.27. The molecule has 1 unspecified atom stereocenters. The molecule has 3 rings (SSSR count). The van der Waals surface area contributed by atoms with E-state index in [-0.39, 0.29) is 49.5 Å². The van der Waals surface area contributed by atoms with Crippen LogP contribution in [0.5, 0.6) is 0 Å². The zero-order valence-corrected chi connectivity index (χ0v) is 21.8. The van der Waals surface area contributed by atoms with E-state index in [4.69, 9.17) is 9.84 Å². The van der Waals surface area contributed by atoms with Gasteiger partial charge in [-0.3, -0.25) is 14.6 Å². The third kappa shape index (κ3) is 9.69. The first kappa shape index (κ1) is 28.5. The molecule has 206 valence electrons. The van der Waals surface area contributed by atoms with Crippen LogP contribution in [0, 0.1) is 5.92 Å². The highest BCUT2D eigenvalue weighted by molar-refractivity contribution is 5.90. The van der Waals surface area contributed by atoms with Crippen LogP contribution in [0.1, 0.15) is 59.3 Å². The highest BCUT2D eigenvalue weighted by Gasteiger charge is 2.26. The summed E-state index contributed by atoms with van der Waals surface area (Å²) in [7, 11) is 0. The summed E-state index contributed by atoms with van der Waals surface area (Å²) in [6, 6.07) is 3.02. The molecule has 5 N–H and O–H groups in total. The van der Waals surface area contributed by atoms with Crippen molar-refractivity contribution in [3.05, 3.63) is 40.6 Å². The Morgan fingerprint density at radius 2 is 2.00 bits per heavy atom. The topological polar surface area (TPSA) is 137 Å². The van der Waals surface area contributed by atoms with Crippen LogP contribution in [0.3, 0.4) is 0 Å². The highest BCUT2D eigenvalue weighted by atomic mass is 19.1. The normalized spacial score (nSPS) is 20.6. The lowest BCUT2D eigenvalue weighted by Crippen LogP contribution is -2.41. The first-order chi connectivity index (χ1) is 17.5. The number of aryl methyl sites for hydroxylation is 1. The number of rotatable bonds is 10. The number of aliphatic hydroxyl groups excluding tert-OH is 1. The summed E-state index contributed by atoms with van der Waals surface area (Å²) in [5, 5.41) is 16.2. The standard InChI is InChI=1S/C25H39FN6O5/c1-25(2,3)37-24(36)28-19-6-4-17(5-7-19)12-22(34)27-20-9-11-31(23(35)13-20)10-8-18(26)14-32-15-21(16-33)29-30-32/h9,11,13,15,17-19,29-30,33H,4-8,10,12,14,16H2,1-3H3,(H,27,34)(H,28,36).